The molecule has 0 unspecified atom stereocenters. The maximum atomic E-state index is 5.54. The molecule has 0 spiro atoms. The number of piperazine rings is 1. The lowest BCUT2D eigenvalue weighted by atomic mass is 10.2. The molecule has 2 heterocycles. The van der Waals surface area contributed by atoms with Gasteiger partial charge in [-0.2, -0.15) is 0 Å². The molecule has 3 rings (SSSR count). The maximum Gasteiger partial charge on any atom is 0.194 e. The van der Waals surface area contributed by atoms with Crippen LogP contribution in [0, 0.1) is 0 Å². The van der Waals surface area contributed by atoms with Crippen molar-refractivity contribution in [3.05, 3.63) is 36.4 Å². The molecule has 1 aromatic carbocycles. The van der Waals surface area contributed by atoms with Crippen molar-refractivity contribution in [3.8, 4) is 5.75 Å². The van der Waals surface area contributed by atoms with E-state index in [1.807, 2.05) is 12.1 Å². The molecule has 1 fully saturated rings. The van der Waals surface area contributed by atoms with Crippen LogP contribution in [0.15, 0.2) is 35.6 Å². The molecule has 170 valence electrons. The average Bonchev–Trinajstić information content (AvgIpc) is 3.28. The Bertz CT molecular complexity index is 816. The first kappa shape index (κ1) is 22.9. The molecule has 9 nitrogen and oxygen atoms in total. The smallest absolute Gasteiger partial charge is 0.194 e. The summed E-state index contributed by atoms with van der Waals surface area (Å²) in [6.07, 6.45) is 3.58. The number of nitrogens with one attached hydrogen (secondary N) is 1. The van der Waals surface area contributed by atoms with E-state index >= 15 is 0 Å². The van der Waals surface area contributed by atoms with Gasteiger partial charge in [-0.25, -0.2) is 0 Å². The fraction of sp³-hybridized carbons (Fsp3) is 0.591. The third-order valence-electron chi connectivity index (χ3n) is 5.42. The number of ether oxygens (including phenoxy) is 2. The molecule has 1 aliphatic heterocycles. The summed E-state index contributed by atoms with van der Waals surface area (Å²) in [5, 5.41) is 11.7. The molecule has 2 aromatic rings. The van der Waals surface area contributed by atoms with E-state index in [2.05, 4.69) is 48.9 Å². The lowest BCUT2D eigenvalue weighted by Crippen LogP contribution is -2.53. The van der Waals surface area contributed by atoms with Crippen LogP contribution in [-0.2, 0) is 17.7 Å². The predicted octanol–water partition coefficient (Wildman–Crippen LogP) is 1.65. The van der Waals surface area contributed by atoms with Gasteiger partial charge in [0.25, 0.3) is 0 Å². The van der Waals surface area contributed by atoms with Crippen LogP contribution >= 0.6 is 0 Å². The van der Waals surface area contributed by atoms with Crippen molar-refractivity contribution in [1.29, 1.82) is 0 Å². The number of benzene rings is 1. The Kier molecular flexibility index (Phi) is 8.96. The van der Waals surface area contributed by atoms with Gasteiger partial charge in [-0.05, 0) is 18.6 Å². The highest BCUT2D eigenvalue weighted by Crippen LogP contribution is 2.28. The van der Waals surface area contributed by atoms with E-state index in [-0.39, 0.29) is 0 Å². The summed E-state index contributed by atoms with van der Waals surface area (Å²) in [7, 11) is 3.45. The van der Waals surface area contributed by atoms with Crippen LogP contribution in [0.4, 0.5) is 5.69 Å². The van der Waals surface area contributed by atoms with Gasteiger partial charge >= 0.3 is 0 Å². The summed E-state index contributed by atoms with van der Waals surface area (Å²) in [5.41, 5.74) is 1.15. The molecule has 0 aliphatic carbocycles. The van der Waals surface area contributed by atoms with Crippen molar-refractivity contribution < 1.29 is 9.47 Å². The first-order valence-electron chi connectivity index (χ1n) is 11.0. The Morgan fingerprint density at radius 2 is 1.97 bits per heavy atom. The quantitative estimate of drug-likeness (QED) is 0.349. The number of rotatable bonds is 10. The molecule has 9 heteroatoms. The van der Waals surface area contributed by atoms with E-state index in [4.69, 9.17) is 14.5 Å². The second-order valence-corrected chi connectivity index (χ2v) is 7.42. The number of anilines is 1. The van der Waals surface area contributed by atoms with Crippen LogP contribution in [0.25, 0.3) is 0 Å². The van der Waals surface area contributed by atoms with Crippen molar-refractivity contribution >= 4 is 11.6 Å². The molecule has 1 aromatic heterocycles. The lowest BCUT2D eigenvalue weighted by molar-refractivity contribution is 0.197. The number of aromatic nitrogens is 3. The third-order valence-corrected chi connectivity index (χ3v) is 5.42. The van der Waals surface area contributed by atoms with E-state index in [9.17, 15) is 0 Å². The van der Waals surface area contributed by atoms with Crippen LogP contribution in [0.3, 0.4) is 0 Å². The van der Waals surface area contributed by atoms with E-state index in [1.165, 1.54) is 0 Å². The monoisotopic (exact) mass is 429 g/mol. The van der Waals surface area contributed by atoms with Crippen LogP contribution in [0.1, 0.15) is 19.2 Å². The number of aliphatic imine (C=N–C) groups is 1. The van der Waals surface area contributed by atoms with Gasteiger partial charge in [-0.1, -0.05) is 19.1 Å². The number of hydrogen-bond acceptors (Lipinski definition) is 6. The summed E-state index contributed by atoms with van der Waals surface area (Å²) in [5.74, 6) is 2.89. The average molecular weight is 430 g/mol. The first-order chi connectivity index (χ1) is 15.3. The van der Waals surface area contributed by atoms with E-state index in [1.54, 1.807) is 20.5 Å². The molecular formula is C22H35N7O2. The number of guanidine groups is 1. The molecular weight excluding hydrogens is 394 g/mol. The van der Waals surface area contributed by atoms with Gasteiger partial charge in [-0.3, -0.25) is 4.99 Å². The molecule has 0 radical (unpaired) electrons. The summed E-state index contributed by atoms with van der Waals surface area (Å²) < 4.78 is 12.8. The Morgan fingerprint density at radius 3 is 2.71 bits per heavy atom. The van der Waals surface area contributed by atoms with Crippen LogP contribution in [0.2, 0.25) is 0 Å². The second kappa shape index (κ2) is 12.1. The van der Waals surface area contributed by atoms with E-state index < -0.39 is 0 Å². The number of hydrogen-bond donors (Lipinski definition) is 1. The summed E-state index contributed by atoms with van der Waals surface area (Å²) in [4.78, 5) is 9.56. The molecule has 1 aliphatic rings. The molecule has 31 heavy (non-hydrogen) atoms. The van der Waals surface area contributed by atoms with Crippen molar-refractivity contribution in [1.82, 2.24) is 25.0 Å². The zero-order chi connectivity index (χ0) is 21.9. The van der Waals surface area contributed by atoms with Crippen molar-refractivity contribution in [2.75, 3.05) is 65.0 Å². The van der Waals surface area contributed by atoms with E-state index in [0.717, 1.165) is 88.5 Å². The Balaban J connectivity index is 1.58. The molecule has 1 saturated heterocycles. The highest BCUT2D eigenvalue weighted by molar-refractivity contribution is 5.80. The van der Waals surface area contributed by atoms with E-state index in [0.29, 0.717) is 0 Å². The predicted molar refractivity (Wildman–Crippen MR) is 123 cm³/mol. The molecule has 0 bridgehead atoms. The number of para-hydroxylation sites is 2. The molecule has 0 atom stereocenters. The fourth-order valence-corrected chi connectivity index (χ4v) is 3.74. The number of nitrogens with zero attached hydrogens (tertiary/aromatic N) is 6. The zero-order valence-electron chi connectivity index (χ0n) is 19.0. The van der Waals surface area contributed by atoms with Gasteiger partial charge in [0.15, 0.2) is 5.96 Å². The second-order valence-electron chi connectivity index (χ2n) is 7.42. The third kappa shape index (κ3) is 6.33. The standard InChI is InChI=1S/C22H35N7O2/c1-4-21-26-25-18-29(21)12-11-24-22(23-10-7-17-30-2)28-15-13-27(14-16-28)19-8-5-6-9-20(19)31-3/h5-6,8-9,18H,4,7,10-17H2,1-3H3,(H,23,24). The SMILES string of the molecule is CCc1nncn1CCNC(=NCCCOC)N1CCN(c2ccccc2OC)CC1. The van der Waals surface area contributed by atoms with Gasteiger partial charge in [-0.15, -0.1) is 10.2 Å². The Hall–Kier alpha value is -2.81. The van der Waals surface area contributed by atoms with Crippen molar-refractivity contribution in [2.24, 2.45) is 4.99 Å². The van der Waals surface area contributed by atoms with Gasteiger partial charge in [0.1, 0.15) is 17.9 Å². The molecule has 1 N–H and O–H groups in total. The van der Waals surface area contributed by atoms with Gasteiger partial charge in [0.2, 0.25) is 0 Å². The summed E-state index contributed by atoms with van der Waals surface area (Å²) in [6.45, 7) is 8.80. The largest absolute Gasteiger partial charge is 0.495 e. The summed E-state index contributed by atoms with van der Waals surface area (Å²) >= 11 is 0. The minimum absolute atomic E-state index is 0.721. The lowest BCUT2D eigenvalue weighted by Gasteiger charge is -2.38. The van der Waals surface area contributed by atoms with Crippen molar-refractivity contribution in [2.45, 2.75) is 26.3 Å². The maximum absolute atomic E-state index is 5.54. The molecule has 0 amide bonds. The Labute approximate surface area is 185 Å². The summed E-state index contributed by atoms with van der Waals surface area (Å²) in [6, 6.07) is 8.20. The highest BCUT2D eigenvalue weighted by Gasteiger charge is 2.21. The normalized spacial score (nSPS) is 14.7. The van der Waals surface area contributed by atoms with Crippen LogP contribution in [-0.4, -0.2) is 85.7 Å². The Morgan fingerprint density at radius 1 is 1.16 bits per heavy atom. The van der Waals surface area contributed by atoms with Gasteiger partial charge in [0, 0.05) is 66.0 Å². The zero-order valence-corrected chi connectivity index (χ0v) is 19.0. The van der Waals surface area contributed by atoms with Crippen LogP contribution < -0.4 is 15.0 Å². The van der Waals surface area contributed by atoms with Gasteiger partial charge in [0.05, 0.1) is 12.8 Å². The minimum atomic E-state index is 0.721. The molecule has 0 saturated carbocycles. The number of methoxy groups -OCH3 is 2. The fourth-order valence-electron chi connectivity index (χ4n) is 3.74. The minimum Gasteiger partial charge on any atom is -0.495 e. The number of aryl methyl sites for hydroxylation is 1. The highest BCUT2D eigenvalue weighted by atomic mass is 16.5. The van der Waals surface area contributed by atoms with Gasteiger partial charge < -0.3 is 29.2 Å². The van der Waals surface area contributed by atoms with Crippen LogP contribution in [0.5, 0.6) is 5.75 Å². The topological polar surface area (TPSA) is 80.0 Å². The van der Waals surface area contributed by atoms with Crippen molar-refractivity contribution in [3.63, 3.8) is 0 Å². The first-order valence-corrected chi connectivity index (χ1v) is 11.0.